The lowest BCUT2D eigenvalue weighted by Crippen LogP contribution is -2.27. The highest BCUT2D eigenvalue weighted by molar-refractivity contribution is 7.89. The molecule has 6 heteroatoms. The predicted octanol–water partition coefficient (Wildman–Crippen LogP) is 3.07. The average Bonchev–Trinajstić information content (AvgIpc) is 2.76. The van der Waals surface area contributed by atoms with Crippen molar-refractivity contribution in [2.24, 2.45) is 7.05 Å². The van der Waals surface area contributed by atoms with E-state index in [0.717, 1.165) is 16.8 Å². The van der Waals surface area contributed by atoms with E-state index in [1.165, 1.54) is 0 Å². The van der Waals surface area contributed by atoms with Gasteiger partial charge in [0.05, 0.1) is 10.6 Å². The van der Waals surface area contributed by atoms with Gasteiger partial charge in [0.2, 0.25) is 10.0 Å². The van der Waals surface area contributed by atoms with Crippen molar-refractivity contribution < 1.29 is 8.42 Å². The van der Waals surface area contributed by atoms with Crippen molar-refractivity contribution in [3.8, 4) is 0 Å². The van der Waals surface area contributed by atoms with Crippen LogP contribution in [0.5, 0.6) is 0 Å². The standard InChI is InChI=1S/C17H25N3O2S/c1-12-16(11-20(6)18-12)13(2)19-23(21,22)15-9-7-14(8-10-15)17(3,4)5/h7-11,13,19H,1-6H3. The number of hydrogen-bond donors (Lipinski definition) is 1. The van der Waals surface area contributed by atoms with Gasteiger partial charge in [0.15, 0.2) is 0 Å². The van der Waals surface area contributed by atoms with Crippen molar-refractivity contribution in [2.75, 3.05) is 0 Å². The van der Waals surface area contributed by atoms with Crippen molar-refractivity contribution in [3.05, 3.63) is 47.3 Å². The van der Waals surface area contributed by atoms with Crippen LogP contribution in [-0.4, -0.2) is 18.2 Å². The molecule has 0 aliphatic carbocycles. The second-order valence-electron chi connectivity index (χ2n) is 6.96. The summed E-state index contributed by atoms with van der Waals surface area (Å²) < 4.78 is 29.5. The molecule has 0 amide bonds. The van der Waals surface area contributed by atoms with Crippen molar-refractivity contribution in [3.63, 3.8) is 0 Å². The number of aromatic nitrogens is 2. The lowest BCUT2D eigenvalue weighted by Gasteiger charge is -2.19. The molecular weight excluding hydrogens is 310 g/mol. The molecule has 1 atom stereocenters. The second-order valence-corrected chi connectivity index (χ2v) is 8.67. The van der Waals surface area contributed by atoms with Crippen LogP contribution in [-0.2, 0) is 22.5 Å². The van der Waals surface area contributed by atoms with E-state index in [2.05, 4.69) is 30.6 Å². The first-order chi connectivity index (χ1) is 10.5. The molecule has 5 nitrogen and oxygen atoms in total. The van der Waals surface area contributed by atoms with E-state index in [1.807, 2.05) is 39.2 Å². The molecule has 1 heterocycles. The molecule has 0 aliphatic heterocycles. The molecule has 0 bridgehead atoms. The Hall–Kier alpha value is -1.66. The topological polar surface area (TPSA) is 64.0 Å². The molecule has 2 aromatic rings. The van der Waals surface area contributed by atoms with Gasteiger partial charge in [-0.3, -0.25) is 4.68 Å². The molecule has 0 aliphatic rings. The zero-order valence-corrected chi connectivity index (χ0v) is 15.4. The second kappa shape index (κ2) is 6.09. The number of hydrogen-bond acceptors (Lipinski definition) is 3. The molecule has 0 spiro atoms. The number of benzene rings is 1. The van der Waals surface area contributed by atoms with Crippen LogP contribution in [0.15, 0.2) is 35.4 Å². The number of nitrogens with zero attached hydrogens (tertiary/aromatic N) is 2. The first-order valence-corrected chi connectivity index (χ1v) is 9.12. The Labute approximate surface area is 138 Å². The Bertz CT molecular complexity index is 784. The van der Waals surface area contributed by atoms with Crippen LogP contribution in [0.25, 0.3) is 0 Å². The maximum absolute atomic E-state index is 12.6. The van der Waals surface area contributed by atoms with Crippen LogP contribution in [0, 0.1) is 6.92 Å². The molecule has 1 aromatic carbocycles. The highest BCUT2D eigenvalue weighted by Gasteiger charge is 2.21. The van der Waals surface area contributed by atoms with Gasteiger partial charge in [0.1, 0.15) is 0 Å². The zero-order chi connectivity index (χ0) is 17.4. The molecule has 0 radical (unpaired) electrons. The number of sulfonamides is 1. The predicted molar refractivity (Wildman–Crippen MR) is 91.8 cm³/mol. The van der Waals surface area contributed by atoms with Crippen LogP contribution < -0.4 is 4.72 Å². The summed E-state index contributed by atoms with van der Waals surface area (Å²) in [6.45, 7) is 10.00. The molecule has 1 N–H and O–H groups in total. The summed E-state index contributed by atoms with van der Waals surface area (Å²) in [4.78, 5) is 0.277. The van der Waals surface area contributed by atoms with Crippen LogP contribution in [0.1, 0.15) is 50.6 Å². The van der Waals surface area contributed by atoms with Crippen LogP contribution in [0.2, 0.25) is 0 Å². The minimum atomic E-state index is -3.56. The average molecular weight is 335 g/mol. The van der Waals surface area contributed by atoms with E-state index in [9.17, 15) is 8.42 Å². The van der Waals surface area contributed by atoms with Crippen LogP contribution in [0.4, 0.5) is 0 Å². The van der Waals surface area contributed by atoms with Crippen LogP contribution in [0.3, 0.4) is 0 Å². The van der Waals surface area contributed by atoms with Gasteiger partial charge in [-0.05, 0) is 37.0 Å². The first-order valence-electron chi connectivity index (χ1n) is 7.64. The van der Waals surface area contributed by atoms with Gasteiger partial charge in [-0.15, -0.1) is 0 Å². The fourth-order valence-corrected chi connectivity index (χ4v) is 3.76. The Morgan fingerprint density at radius 2 is 1.74 bits per heavy atom. The molecule has 0 saturated heterocycles. The Morgan fingerprint density at radius 3 is 2.17 bits per heavy atom. The summed E-state index contributed by atoms with van der Waals surface area (Å²) in [6, 6.07) is 6.72. The quantitative estimate of drug-likeness (QED) is 0.934. The third kappa shape index (κ3) is 4.00. The Morgan fingerprint density at radius 1 is 1.17 bits per heavy atom. The normalized spacial score (nSPS) is 14.0. The Kier molecular flexibility index (Phi) is 4.69. The fraction of sp³-hybridized carbons (Fsp3) is 0.471. The highest BCUT2D eigenvalue weighted by atomic mass is 32.2. The van der Waals surface area contributed by atoms with Crippen LogP contribution >= 0.6 is 0 Å². The summed E-state index contributed by atoms with van der Waals surface area (Å²) >= 11 is 0. The summed E-state index contributed by atoms with van der Waals surface area (Å²) in [5, 5.41) is 4.26. The van der Waals surface area contributed by atoms with E-state index in [0.29, 0.717) is 0 Å². The van der Waals surface area contributed by atoms with Crippen molar-refractivity contribution in [1.29, 1.82) is 0 Å². The minimum absolute atomic E-state index is 0.00413. The summed E-state index contributed by atoms with van der Waals surface area (Å²) in [5.41, 5.74) is 2.80. The summed E-state index contributed by atoms with van der Waals surface area (Å²) in [7, 11) is -1.74. The van der Waals surface area contributed by atoms with Crippen molar-refractivity contribution >= 4 is 10.0 Å². The van der Waals surface area contributed by atoms with Gasteiger partial charge < -0.3 is 0 Å². The molecular formula is C17H25N3O2S. The van der Waals surface area contributed by atoms with Gasteiger partial charge in [-0.1, -0.05) is 32.9 Å². The van der Waals surface area contributed by atoms with E-state index in [1.54, 1.807) is 16.8 Å². The third-order valence-electron chi connectivity index (χ3n) is 3.88. The Balaban J connectivity index is 2.23. The molecule has 0 saturated carbocycles. The van der Waals surface area contributed by atoms with Gasteiger partial charge in [0, 0.05) is 24.8 Å². The molecule has 2 rings (SSSR count). The van der Waals surface area contributed by atoms with Crippen molar-refractivity contribution in [1.82, 2.24) is 14.5 Å². The van der Waals surface area contributed by atoms with Gasteiger partial charge in [-0.25, -0.2) is 13.1 Å². The first kappa shape index (κ1) is 17.7. The number of aryl methyl sites for hydroxylation is 2. The molecule has 1 unspecified atom stereocenters. The smallest absolute Gasteiger partial charge is 0.241 e. The van der Waals surface area contributed by atoms with E-state index >= 15 is 0 Å². The SMILES string of the molecule is Cc1nn(C)cc1C(C)NS(=O)(=O)c1ccc(C(C)(C)C)cc1. The van der Waals surface area contributed by atoms with Gasteiger partial charge >= 0.3 is 0 Å². The summed E-state index contributed by atoms with van der Waals surface area (Å²) in [6.07, 6.45) is 1.84. The van der Waals surface area contributed by atoms with E-state index in [-0.39, 0.29) is 16.4 Å². The maximum atomic E-state index is 12.6. The van der Waals surface area contributed by atoms with Gasteiger partial charge in [-0.2, -0.15) is 5.10 Å². The third-order valence-corrected chi connectivity index (χ3v) is 5.44. The monoisotopic (exact) mass is 335 g/mol. The maximum Gasteiger partial charge on any atom is 0.241 e. The van der Waals surface area contributed by atoms with E-state index in [4.69, 9.17) is 0 Å². The van der Waals surface area contributed by atoms with E-state index < -0.39 is 10.0 Å². The fourth-order valence-electron chi connectivity index (χ4n) is 2.54. The molecule has 0 fully saturated rings. The number of nitrogens with one attached hydrogen (secondary N) is 1. The lowest BCUT2D eigenvalue weighted by atomic mass is 9.87. The highest BCUT2D eigenvalue weighted by Crippen LogP contribution is 2.24. The van der Waals surface area contributed by atoms with Gasteiger partial charge in [0.25, 0.3) is 0 Å². The molecule has 23 heavy (non-hydrogen) atoms. The van der Waals surface area contributed by atoms with Crippen molar-refractivity contribution in [2.45, 2.75) is 51.0 Å². The zero-order valence-electron chi connectivity index (χ0n) is 14.6. The lowest BCUT2D eigenvalue weighted by molar-refractivity contribution is 0.565. The minimum Gasteiger partial charge on any atom is -0.275 e. The molecule has 1 aromatic heterocycles. The molecule has 126 valence electrons. The number of rotatable bonds is 4. The largest absolute Gasteiger partial charge is 0.275 e. The summed E-state index contributed by atoms with van der Waals surface area (Å²) in [5.74, 6) is 0.